The van der Waals surface area contributed by atoms with E-state index in [-0.39, 0.29) is 11.6 Å². The first kappa shape index (κ1) is 11.5. The molecule has 5 nitrogen and oxygen atoms in total. The molecule has 1 aromatic rings. The van der Waals surface area contributed by atoms with Crippen molar-refractivity contribution in [2.45, 2.75) is 18.6 Å². The third-order valence-corrected chi connectivity index (χ3v) is 4.94. The van der Waals surface area contributed by atoms with E-state index in [2.05, 4.69) is 21.1 Å². The predicted octanol–water partition coefficient (Wildman–Crippen LogP) is 1.30. The number of nitrogen functional groups attached to an aromatic ring is 1. The average molecular weight is 283 g/mol. The third kappa shape index (κ3) is 1.66. The average Bonchev–Trinajstić information content (AvgIpc) is 2.30. The minimum atomic E-state index is -3.28. The van der Waals surface area contributed by atoms with Gasteiger partial charge in [0.1, 0.15) is 9.22 Å². The van der Waals surface area contributed by atoms with Crippen LogP contribution >= 0.6 is 15.9 Å². The first-order valence-corrected chi connectivity index (χ1v) is 6.47. The van der Waals surface area contributed by atoms with Crippen molar-refractivity contribution in [1.82, 2.24) is 5.16 Å². The number of nitrogens with two attached hydrogens (primary N) is 1. The highest BCUT2D eigenvalue weighted by molar-refractivity contribution is 9.10. The van der Waals surface area contributed by atoms with E-state index in [0.29, 0.717) is 4.47 Å². The summed E-state index contributed by atoms with van der Waals surface area (Å²) < 4.78 is 27.1. The Morgan fingerprint density at radius 3 is 2.29 bits per heavy atom. The molecule has 1 rings (SSSR count). The molecule has 0 saturated heterocycles. The van der Waals surface area contributed by atoms with Crippen LogP contribution in [0.4, 0.5) is 5.82 Å². The smallest absolute Gasteiger partial charge is 0.181 e. The maximum atomic E-state index is 11.5. The van der Waals surface area contributed by atoms with E-state index in [1.807, 2.05) is 0 Å². The third-order valence-electron chi connectivity index (χ3n) is 2.13. The maximum absolute atomic E-state index is 11.5. The minimum absolute atomic E-state index is 0.150. The summed E-state index contributed by atoms with van der Waals surface area (Å²) in [4.78, 5) is 0. The van der Waals surface area contributed by atoms with Crippen LogP contribution in [0.5, 0.6) is 0 Å². The lowest BCUT2D eigenvalue weighted by atomic mass is 10.1. The lowest BCUT2D eigenvalue weighted by Crippen LogP contribution is -2.27. The van der Waals surface area contributed by atoms with Gasteiger partial charge in [0.15, 0.2) is 21.4 Å². The Labute approximate surface area is 90.7 Å². The molecular weight excluding hydrogens is 272 g/mol. The second kappa shape index (κ2) is 3.23. The summed E-state index contributed by atoms with van der Waals surface area (Å²) in [6.07, 6.45) is 1.14. The number of hydrogen-bond acceptors (Lipinski definition) is 5. The van der Waals surface area contributed by atoms with E-state index in [0.717, 1.165) is 6.26 Å². The summed E-state index contributed by atoms with van der Waals surface area (Å²) in [5.41, 5.74) is 5.43. The van der Waals surface area contributed by atoms with E-state index in [4.69, 9.17) is 10.3 Å². The van der Waals surface area contributed by atoms with Crippen molar-refractivity contribution in [2.24, 2.45) is 0 Å². The van der Waals surface area contributed by atoms with Crippen LogP contribution in [0.1, 0.15) is 19.6 Å². The Morgan fingerprint density at radius 1 is 1.50 bits per heavy atom. The van der Waals surface area contributed by atoms with Gasteiger partial charge in [0, 0.05) is 6.26 Å². The van der Waals surface area contributed by atoms with Crippen molar-refractivity contribution in [2.75, 3.05) is 12.0 Å². The molecule has 0 unspecified atom stereocenters. The van der Waals surface area contributed by atoms with Gasteiger partial charge in [-0.1, -0.05) is 5.16 Å². The van der Waals surface area contributed by atoms with Crippen molar-refractivity contribution in [3.63, 3.8) is 0 Å². The summed E-state index contributed by atoms with van der Waals surface area (Å²) in [5, 5.41) is 3.49. The maximum Gasteiger partial charge on any atom is 0.181 e. The highest BCUT2D eigenvalue weighted by atomic mass is 79.9. The van der Waals surface area contributed by atoms with Crippen molar-refractivity contribution < 1.29 is 12.9 Å². The summed E-state index contributed by atoms with van der Waals surface area (Å²) in [7, 11) is -3.28. The van der Waals surface area contributed by atoms with E-state index < -0.39 is 14.6 Å². The van der Waals surface area contributed by atoms with Crippen LogP contribution in [0.25, 0.3) is 0 Å². The molecule has 0 aliphatic carbocycles. The Morgan fingerprint density at radius 2 is 2.00 bits per heavy atom. The molecule has 0 fully saturated rings. The van der Waals surface area contributed by atoms with Gasteiger partial charge in [0.05, 0.1) is 0 Å². The van der Waals surface area contributed by atoms with Crippen molar-refractivity contribution in [1.29, 1.82) is 0 Å². The molecule has 7 heteroatoms. The Bertz CT molecular complexity index is 450. The molecule has 2 N–H and O–H groups in total. The Balaban J connectivity index is 3.38. The quantitative estimate of drug-likeness (QED) is 0.884. The lowest BCUT2D eigenvalue weighted by molar-refractivity contribution is 0.355. The van der Waals surface area contributed by atoms with Crippen LogP contribution in [0.15, 0.2) is 9.00 Å². The van der Waals surface area contributed by atoms with Crippen molar-refractivity contribution in [3.8, 4) is 0 Å². The highest BCUT2D eigenvalue weighted by Gasteiger charge is 2.38. The zero-order valence-electron chi connectivity index (χ0n) is 8.04. The molecule has 0 spiro atoms. The zero-order valence-corrected chi connectivity index (χ0v) is 10.4. The molecular formula is C7H11BrN2O3S. The zero-order chi connectivity index (χ0) is 11.1. The SMILES string of the molecule is CC(C)(c1onc(N)c1Br)S(C)(=O)=O. The summed E-state index contributed by atoms with van der Waals surface area (Å²) in [6, 6.07) is 0. The molecule has 14 heavy (non-hydrogen) atoms. The van der Waals surface area contributed by atoms with Gasteiger partial charge >= 0.3 is 0 Å². The topological polar surface area (TPSA) is 86.2 Å². The fourth-order valence-electron chi connectivity index (χ4n) is 0.834. The molecule has 1 aromatic heterocycles. The number of halogens is 1. The first-order valence-electron chi connectivity index (χ1n) is 3.78. The highest BCUT2D eigenvalue weighted by Crippen LogP contribution is 2.36. The molecule has 0 aliphatic rings. The summed E-state index contributed by atoms with van der Waals surface area (Å²) in [6.45, 7) is 3.07. The van der Waals surface area contributed by atoms with Gasteiger partial charge in [-0.05, 0) is 29.8 Å². The van der Waals surface area contributed by atoms with Crippen LogP contribution in [0.3, 0.4) is 0 Å². The van der Waals surface area contributed by atoms with Crippen molar-refractivity contribution >= 4 is 31.6 Å². The Hall–Kier alpha value is -0.560. The second-order valence-corrected chi connectivity index (χ2v) is 6.85. The fraction of sp³-hybridized carbons (Fsp3) is 0.571. The largest absolute Gasteiger partial charge is 0.380 e. The minimum Gasteiger partial charge on any atom is -0.380 e. The summed E-state index contributed by atoms with van der Waals surface area (Å²) >= 11 is 3.13. The predicted molar refractivity (Wildman–Crippen MR) is 56.5 cm³/mol. The monoisotopic (exact) mass is 282 g/mol. The number of hydrogen-bond donors (Lipinski definition) is 1. The number of nitrogens with zero attached hydrogens (tertiary/aromatic N) is 1. The first-order chi connectivity index (χ1) is 6.18. The van der Waals surface area contributed by atoms with Gasteiger partial charge in [-0.2, -0.15) is 0 Å². The van der Waals surface area contributed by atoms with Gasteiger partial charge < -0.3 is 10.3 Å². The van der Waals surface area contributed by atoms with E-state index in [1.165, 1.54) is 13.8 Å². The number of anilines is 1. The molecule has 0 aliphatic heterocycles. The van der Waals surface area contributed by atoms with E-state index in [9.17, 15) is 8.42 Å². The van der Waals surface area contributed by atoms with Crippen LogP contribution in [0.2, 0.25) is 0 Å². The van der Waals surface area contributed by atoms with Gasteiger partial charge in [-0.25, -0.2) is 8.42 Å². The van der Waals surface area contributed by atoms with Gasteiger partial charge in [-0.15, -0.1) is 0 Å². The number of sulfone groups is 1. The molecule has 0 atom stereocenters. The molecule has 0 aromatic carbocycles. The number of aromatic nitrogens is 1. The standard InChI is InChI=1S/C7H11BrN2O3S/c1-7(2,14(3,11)12)5-4(8)6(9)10-13-5/h1-3H3,(H2,9,10). The summed E-state index contributed by atoms with van der Waals surface area (Å²) in [5.74, 6) is 0.370. The molecule has 80 valence electrons. The molecule has 0 amide bonds. The van der Waals surface area contributed by atoms with Gasteiger partial charge in [-0.3, -0.25) is 0 Å². The number of rotatable bonds is 2. The fourth-order valence-corrected chi connectivity index (χ4v) is 2.08. The normalized spacial score (nSPS) is 13.1. The van der Waals surface area contributed by atoms with Crippen molar-refractivity contribution in [3.05, 3.63) is 10.2 Å². The molecule has 0 saturated carbocycles. The lowest BCUT2D eigenvalue weighted by Gasteiger charge is -2.18. The van der Waals surface area contributed by atoms with Crippen LogP contribution in [-0.2, 0) is 14.6 Å². The van der Waals surface area contributed by atoms with E-state index >= 15 is 0 Å². The van der Waals surface area contributed by atoms with Crippen LogP contribution in [0, 0.1) is 0 Å². The Kier molecular flexibility index (Phi) is 2.66. The van der Waals surface area contributed by atoms with E-state index in [1.54, 1.807) is 0 Å². The molecule has 1 heterocycles. The molecule has 0 radical (unpaired) electrons. The second-order valence-electron chi connectivity index (χ2n) is 3.49. The van der Waals surface area contributed by atoms with Gasteiger partial charge in [0.2, 0.25) is 0 Å². The van der Waals surface area contributed by atoms with Gasteiger partial charge in [0.25, 0.3) is 0 Å². The van der Waals surface area contributed by atoms with Crippen LogP contribution in [-0.4, -0.2) is 19.8 Å². The van der Waals surface area contributed by atoms with Crippen LogP contribution < -0.4 is 5.73 Å². The molecule has 0 bridgehead atoms.